The van der Waals surface area contributed by atoms with Gasteiger partial charge < -0.3 is 5.11 Å². The Kier molecular flexibility index (Phi) is 2.91. The Morgan fingerprint density at radius 3 is 2.14 bits per heavy atom. The van der Waals surface area contributed by atoms with E-state index in [0.29, 0.717) is 5.82 Å². The van der Waals surface area contributed by atoms with Gasteiger partial charge in [0.1, 0.15) is 5.82 Å². The van der Waals surface area contributed by atoms with Crippen LogP contribution in [0.15, 0.2) is 12.4 Å². The normalized spacial score (nSPS) is 10.2. The molecule has 5 heteroatoms. The van der Waals surface area contributed by atoms with Crippen molar-refractivity contribution in [2.75, 3.05) is 0 Å². The number of ketones is 1. The number of carbonyl (C=O) groups is 2. The van der Waals surface area contributed by atoms with Crippen LogP contribution in [0.25, 0.3) is 0 Å². The number of aliphatic carboxylic acids is 1. The number of carbonyl (C=O) groups excluding carboxylic acids is 1. The number of carboxylic acid groups (broad SMARTS) is 1. The zero-order valence-electron chi connectivity index (χ0n) is 7.89. The van der Waals surface area contributed by atoms with Gasteiger partial charge in [0.2, 0.25) is 0 Å². The molecule has 0 aromatic carbocycles. The Bertz CT molecular complexity index is 357. The summed E-state index contributed by atoms with van der Waals surface area (Å²) in [6.45, 7) is 3.82. The quantitative estimate of drug-likeness (QED) is 0.570. The molecule has 1 N–H and O–H groups in total. The molecule has 1 aromatic heterocycles. The van der Waals surface area contributed by atoms with E-state index in [2.05, 4.69) is 9.97 Å². The third-order valence-electron chi connectivity index (χ3n) is 1.64. The lowest BCUT2D eigenvalue weighted by Gasteiger charge is -2.02. The molecule has 1 aromatic rings. The van der Waals surface area contributed by atoms with E-state index in [0.717, 1.165) is 0 Å². The first-order valence-corrected chi connectivity index (χ1v) is 4.12. The maximum absolute atomic E-state index is 10.9. The maximum atomic E-state index is 10.9. The van der Waals surface area contributed by atoms with Crippen LogP contribution in [-0.4, -0.2) is 26.8 Å². The number of rotatable bonds is 3. The number of carboxylic acids is 1. The molecule has 0 aliphatic carbocycles. The summed E-state index contributed by atoms with van der Waals surface area (Å²) in [5.74, 6) is -1.73. The Morgan fingerprint density at radius 2 is 1.79 bits per heavy atom. The molecule has 0 saturated carbocycles. The van der Waals surface area contributed by atoms with Gasteiger partial charge in [-0.3, -0.25) is 4.79 Å². The minimum absolute atomic E-state index is 0.00176. The predicted molar refractivity (Wildman–Crippen MR) is 48.1 cm³/mol. The molecule has 14 heavy (non-hydrogen) atoms. The van der Waals surface area contributed by atoms with Crippen molar-refractivity contribution in [2.24, 2.45) is 0 Å². The molecule has 0 aliphatic rings. The Labute approximate surface area is 80.8 Å². The van der Waals surface area contributed by atoms with E-state index < -0.39 is 11.8 Å². The van der Waals surface area contributed by atoms with Crippen molar-refractivity contribution in [3.8, 4) is 0 Å². The second-order valence-electron chi connectivity index (χ2n) is 3.12. The van der Waals surface area contributed by atoms with Gasteiger partial charge in [0, 0.05) is 18.3 Å². The monoisotopic (exact) mass is 194 g/mol. The minimum Gasteiger partial charge on any atom is -0.475 e. The van der Waals surface area contributed by atoms with Gasteiger partial charge in [-0.05, 0) is 0 Å². The van der Waals surface area contributed by atoms with E-state index in [4.69, 9.17) is 5.11 Å². The van der Waals surface area contributed by atoms with Crippen molar-refractivity contribution in [1.82, 2.24) is 9.97 Å². The second kappa shape index (κ2) is 3.95. The van der Waals surface area contributed by atoms with Crippen LogP contribution in [0.1, 0.15) is 35.9 Å². The molecule has 0 bridgehead atoms. The average molecular weight is 194 g/mol. The standard InChI is InChI=1S/C9H10N2O3/c1-5(2)8-10-3-6(4-11-8)7(12)9(13)14/h3-5H,1-2H3,(H,13,14). The second-order valence-corrected chi connectivity index (χ2v) is 3.12. The van der Waals surface area contributed by atoms with Gasteiger partial charge in [-0.2, -0.15) is 0 Å². The fourth-order valence-corrected chi connectivity index (χ4v) is 0.877. The van der Waals surface area contributed by atoms with Gasteiger partial charge in [-0.15, -0.1) is 0 Å². The summed E-state index contributed by atoms with van der Waals surface area (Å²) in [4.78, 5) is 29.0. The zero-order chi connectivity index (χ0) is 10.7. The lowest BCUT2D eigenvalue weighted by atomic mass is 10.2. The fourth-order valence-electron chi connectivity index (χ4n) is 0.877. The van der Waals surface area contributed by atoms with Crippen LogP contribution in [0.5, 0.6) is 0 Å². The molecular formula is C9H10N2O3. The Morgan fingerprint density at radius 1 is 1.29 bits per heavy atom. The first-order valence-electron chi connectivity index (χ1n) is 4.12. The van der Waals surface area contributed by atoms with Crippen molar-refractivity contribution >= 4 is 11.8 Å². The average Bonchev–Trinajstić information content (AvgIpc) is 2.16. The van der Waals surface area contributed by atoms with Crippen LogP contribution >= 0.6 is 0 Å². The molecular weight excluding hydrogens is 184 g/mol. The number of nitrogens with zero attached hydrogens (tertiary/aromatic N) is 2. The van der Waals surface area contributed by atoms with Gasteiger partial charge in [0.25, 0.3) is 5.78 Å². The van der Waals surface area contributed by atoms with E-state index in [-0.39, 0.29) is 11.5 Å². The van der Waals surface area contributed by atoms with Crippen LogP contribution in [0, 0.1) is 0 Å². The molecule has 0 radical (unpaired) electrons. The van der Waals surface area contributed by atoms with E-state index in [1.165, 1.54) is 12.4 Å². The van der Waals surface area contributed by atoms with E-state index in [9.17, 15) is 9.59 Å². The molecule has 74 valence electrons. The summed E-state index contributed by atoms with van der Waals surface area (Å²) < 4.78 is 0. The van der Waals surface area contributed by atoms with Crippen molar-refractivity contribution in [3.05, 3.63) is 23.8 Å². The van der Waals surface area contributed by atoms with E-state index in [1.54, 1.807) is 0 Å². The molecule has 1 rings (SSSR count). The van der Waals surface area contributed by atoms with Crippen molar-refractivity contribution in [1.29, 1.82) is 0 Å². The summed E-state index contributed by atoms with van der Waals surface area (Å²) in [7, 11) is 0. The Hall–Kier alpha value is -1.78. The van der Waals surface area contributed by atoms with Crippen LogP contribution < -0.4 is 0 Å². The largest absolute Gasteiger partial charge is 0.475 e. The number of hydrogen-bond donors (Lipinski definition) is 1. The molecule has 0 amide bonds. The molecule has 1 heterocycles. The SMILES string of the molecule is CC(C)c1ncc(C(=O)C(=O)O)cn1. The van der Waals surface area contributed by atoms with E-state index in [1.807, 2.05) is 13.8 Å². The van der Waals surface area contributed by atoms with Gasteiger partial charge >= 0.3 is 5.97 Å². The van der Waals surface area contributed by atoms with Gasteiger partial charge in [0.05, 0.1) is 5.56 Å². The van der Waals surface area contributed by atoms with Crippen LogP contribution in [-0.2, 0) is 4.79 Å². The van der Waals surface area contributed by atoms with Crippen molar-refractivity contribution in [2.45, 2.75) is 19.8 Å². The molecule has 0 aliphatic heterocycles. The maximum Gasteiger partial charge on any atom is 0.377 e. The Balaban J connectivity index is 2.94. The zero-order valence-corrected chi connectivity index (χ0v) is 7.89. The molecule has 0 fully saturated rings. The van der Waals surface area contributed by atoms with Gasteiger partial charge in [-0.25, -0.2) is 14.8 Å². The summed E-state index contributed by atoms with van der Waals surface area (Å²) in [6.07, 6.45) is 2.47. The number of aromatic nitrogens is 2. The third kappa shape index (κ3) is 2.12. The van der Waals surface area contributed by atoms with Gasteiger partial charge in [-0.1, -0.05) is 13.8 Å². The summed E-state index contributed by atoms with van der Waals surface area (Å²) in [6, 6.07) is 0. The molecule has 5 nitrogen and oxygen atoms in total. The van der Waals surface area contributed by atoms with Crippen LogP contribution in [0.2, 0.25) is 0 Å². The topological polar surface area (TPSA) is 80.2 Å². The number of Topliss-reactive ketones (excluding diaryl/α,β-unsaturated/α-hetero) is 1. The lowest BCUT2D eigenvalue weighted by molar-refractivity contribution is -0.131. The highest BCUT2D eigenvalue weighted by Gasteiger charge is 2.15. The first kappa shape index (κ1) is 10.3. The fraction of sp³-hybridized carbons (Fsp3) is 0.333. The third-order valence-corrected chi connectivity index (χ3v) is 1.64. The highest BCUT2D eigenvalue weighted by Crippen LogP contribution is 2.07. The van der Waals surface area contributed by atoms with Crippen molar-refractivity contribution in [3.63, 3.8) is 0 Å². The smallest absolute Gasteiger partial charge is 0.377 e. The highest BCUT2D eigenvalue weighted by molar-refractivity contribution is 6.39. The minimum atomic E-state index is -1.49. The summed E-state index contributed by atoms with van der Waals surface area (Å²) >= 11 is 0. The van der Waals surface area contributed by atoms with Crippen molar-refractivity contribution < 1.29 is 14.7 Å². The molecule has 0 unspecified atom stereocenters. The van der Waals surface area contributed by atoms with E-state index >= 15 is 0 Å². The summed E-state index contributed by atoms with van der Waals surface area (Å²) in [5.41, 5.74) is 0.00176. The number of hydrogen-bond acceptors (Lipinski definition) is 4. The van der Waals surface area contributed by atoms with Crippen LogP contribution in [0.3, 0.4) is 0 Å². The van der Waals surface area contributed by atoms with Gasteiger partial charge in [0.15, 0.2) is 0 Å². The molecule has 0 saturated heterocycles. The molecule has 0 atom stereocenters. The predicted octanol–water partition coefficient (Wildman–Crippen LogP) is 0.867. The molecule has 0 spiro atoms. The first-order chi connectivity index (χ1) is 6.52. The summed E-state index contributed by atoms with van der Waals surface area (Å²) in [5, 5.41) is 8.41. The van der Waals surface area contributed by atoms with Crippen LogP contribution in [0.4, 0.5) is 0 Å². The highest BCUT2D eigenvalue weighted by atomic mass is 16.4. The lowest BCUT2D eigenvalue weighted by Crippen LogP contribution is -2.14.